The zero-order valence-corrected chi connectivity index (χ0v) is 19.3. The van der Waals surface area contributed by atoms with Crippen molar-refractivity contribution < 1.29 is 4.79 Å². The third-order valence-electron chi connectivity index (χ3n) is 5.95. The smallest absolute Gasteiger partial charge is 0.225 e. The minimum absolute atomic E-state index is 0.156. The monoisotopic (exact) mass is 468 g/mol. The number of amides is 1. The van der Waals surface area contributed by atoms with Crippen molar-refractivity contribution >= 4 is 32.9 Å². The highest BCUT2D eigenvalue weighted by Gasteiger charge is 2.27. The van der Waals surface area contributed by atoms with Gasteiger partial charge in [0.15, 0.2) is 0 Å². The molecule has 1 amide bonds. The molecular weight excluding hydrogens is 440 g/mol. The van der Waals surface area contributed by atoms with Gasteiger partial charge in [0.1, 0.15) is 5.82 Å². The first-order valence-electron chi connectivity index (χ1n) is 10.8. The summed E-state index contributed by atoms with van der Waals surface area (Å²) in [6, 6.07) is 16.7. The lowest BCUT2D eigenvalue weighted by Crippen LogP contribution is -2.41. The van der Waals surface area contributed by atoms with E-state index in [1.54, 1.807) is 0 Å². The van der Waals surface area contributed by atoms with E-state index in [9.17, 15) is 4.79 Å². The first-order chi connectivity index (χ1) is 14.6. The van der Waals surface area contributed by atoms with E-state index in [0.717, 1.165) is 72.5 Å². The van der Waals surface area contributed by atoms with Crippen LogP contribution in [-0.2, 0) is 11.3 Å². The van der Waals surface area contributed by atoms with Crippen molar-refractivity contribution in [3.63, 3.8) is 0 Å². The third kappa shape index (κ3) is 4.44. The molecule has 0 saturated carbocycles. The van der Waals surface area contributed by atoms with Gasteiger partial charge in [-0.2, -0.15) is 0 Å². The molecule has 0 bridgehead atoms. The predicted molar refractivity (Wildman–Crippen MR) is 125 cm³/mol. The lowest BCUT2D eigenvalue weighted by molar-refractivity contribution is -0.135. The minimum atomic E-state index is 0.156. The second-order valence-corrected chi connectivity index (χ2v) is 9.05. The molecule has 0 radical (unpaired) electrons. The van der Waals surface area contributed by atoms with Crippen LogP contribution >= 0.6 is 15.9 Å². The molecule has 2 aromatic carbocycles. The van der Waals surface area contributed by atoms with Crippen molar-refractivity contribution in [3.8, 4) is 5.69 Å². The molecule has 0 unspecified atom stereocenters. The fraction of sp³-hybridized carbons (Fsp3) is 0.417. The maximum Gasteiger partial charge on any atom is 0.225 e. The van der Waals surface area contributed by atoms with Gasteiger partial charge in [0, 0.05) is 29.7 Å². The molecule has 0 atom stereocenters. The fourth-order valence-corrected chi connectivity index (χ4v) is 4.62. The average molecular weight is 469 g/mol. The summed E-state index contributed by atoms with van der Waals surface area (Å²) in [5.74, 6) is 1.51. The van der Waals surface area contributed by atoms with E-state index in [4.69, 9.17) is 4.98 Å². The van der Waals surface area contributed by atoms with Crippen LogP contribution in [0.1, 0.15) is 32.0 Å². The molecule has 1 fully saturated rings. The molecule has 5 nitrogen and oxygen atoms in total. The second-order valence-electron chi connectivity index (χ2n) is 8.14. The van der Waals surface area contributed by atoms with E-state index in [-0.39, 0.29) is 5.92 Å². The number of fused-ring (bicyclic) bond motifs is 1. The Hall–Kier alpha value is -2.18. The summed E-state index contributed by atoms with van der Waals surface area (Å²) in [4.78, 5) is 21.9. The SMILES string of the molecule is CCCN(C)C(=O)C1CCN(Cc2nc3ccccc3n2-c2ccc(Br)cc2)CC1. The van der Waals surface area contributed by atoms with Gasteiger partial charge in [-0.25, -0.2) is 4.98 Å². The normalized spacial score (nSPS) is 15.6. The molecule has 1 aromatic heterocycles. The van der Waals surface area contributed by atoms with Crippen molar-refractivity contribution in [2.75, 3.05) is 26.7 Å². The standard InChI is InChI=1S/C24H29BrN4O/c1-3-14-27(2)24(30)18-12-15-28(16-13-18)17-23-26-21-6-4-5-7-22(21)29(23)20-10-8-19(25)9-11-20/h4-11,18H,3,12-17H2,1-2H3. The van der Waals surface area contributed by atoms with Crippen LogP contribution < -0.4 is 0 Å². The molecule has 0 spiro atoms. The molecular formula is C24H29BrN4O. The first kappa shape index (κ1) is 21.1. The maximum atomic E-state index is 12.6. The zero-order chi connectivity index (χ0) is 21.1. The Bertz CT molecular complexity index is 1010. The Kier molecular flexibility index (Phi) is 6.54. The number of carbonyl (C=O) groups excluding carboxylic acids is 1. The average Bonchev–Trinajstić information content (AvgIpc) is 3.12. The number of halogens is 1. The fourth-order valence-electron chi connectivity index (χ4n) is 4.36. The minimum Gasteiger partial charge on any atom is -0.346 e. The van der Waals surface area contributed by atoms with Gasteiger partial charge in [-0.1, -0.05) is 35.0 Å². The Labute approximate surface area is 186 Å². The van der Waals surface area contributed by atoms with Gasteiger partial charge in [-0.3, -0.25) is 14.3 Å². The van der Waals surface area contributed by atoms with E-state index in [1.165, 1.54) is 0 Å². The molecule has 3 aromatic rings. The predicted octanol–water partition coefficient (Wildman–Crippen LogP) is 4.87. The molecule has 0 aliphatic carbocycles. The lowest BCUT2D eigenvalue weighted by Gasteiger charge is -2.33. The largest absolute Gasteiger partial charge is 0.346 e. The van der Waals surface area contributed by atoms with Crippen LogP contribution in [0, 0.1) is 5.92 Å². The molecule has 158 valence electrons. The highest BCUT2D eigenvalue weighted by atomic mass is 79.9. The van der Waals surface area contributed by atoms with E-state index in [1.807, 2.05) is 18.0 Å². The number of para-hydroxylation sites is 2. The van der Waals surface area contributed by atoms with Gasteiger partial charge >= 0.3 is 0 Å². The summed E-state index contributed by atoms with van der Waals surface area (Å²) in [5, 5.41) is 0. The molecule has 1 saturated heterocycles. The van der Waals surface area contributed by atoms with Gasteiger partial charge in [0.25, 0.3) is 0 Å². The van der Waals surface area contributed by atoms with Crippen molar-refractivity contribution in [3.05, 3.63) is 58.8 Å². The van der Waals surface area contributed by atoms with Crippen LogP contribution in [0.15, 0.2) is 53.0 Å². The van der Waals surface area contributed by atoms with Gasteiger partial charge in [-0.15, -0.1) is 0 Å². The van der Waals surface area contributed by atoms with Gasteiger partial charge in [0.2, 0.25) is 5.91 Å². The molecule has 6 heteroatoms. The van der Waals surface area contributed by atoms with E-state index in [2.05, 4.69) is 74.8 Å². The molecule has 4 rings (SSSR count). The third-order valence-corrected chi connectivity index (χ3v) is 6.48. The number of aromatic nitrogens is 2. The van der Waals surface area contributed by atoms with E-state index < -0.39 is 0 Å². The number of rotatable bonds is 6. The van der Waals surface area contributed by atoms with Gasteiger partial charge in [0.05, 0.1) is 17.6 Å². The summed E-state index contributed by atoms with van der Waals surface area (Å²) in [7, 11) is 1.93. The second kappa shape index (κ2) is 9.31. The number of hydrogen-bond donors (Lipinski definition) is 0. The summed E-state index contributed by atoms with van der Waals surface area (Å²) in [5.41, 5.74) is 3.26. The highest BCUT2D eigenvalue weighted by molar-refractivity contribution is 9.10. The van der Waals surface area contributed by atoms with Crippen molar-refractivity contribution in [1.82, 2.24) is 19.4 Å². The number of hydrogen-bond acceptors (Lipinski definition) is 3. The summed E-state index contributed by atoms with van der Waals surface area (Å²) in [6.45, 7) is 5.61. The van der Waals surface area contributed by atoms with Crippen LogP contribution in [-0.4, -0.2) is 51.9 Å². The Morgan fingerprint density at radius 1 is 1.13 bits per heavy atom. The summed E-state index contributed by atoms with van der Waals surface area (Å²) < 4.78 is 3.32. The zero-order valence-electron chi connectivity index (χ0n) is 17.7. The topological polar surface area (TPSA) is 41.4 Å². The van der Waals surface area contributed by atoms with Crippen molar-refractivity contribution in [1.29, 1.82) is 0 Å². The molecule has 2 heterocycles. The number of likely N-dealkylation sites (tertiary alicyclic amines) is 1. The Morgan fingerprint density at radius 3 is 2.53 bits per heavy atom. The number of carbonyl (C=O) groups is 1. The van der Waals surface area contributed by atoms with Crippen LogP contribution in [0.25, 0.3) is 16.7 Å². The van der Waals surface area contributed by atoms with E-state index >= 15 is 0 Å². The molecule has 0 N–H and O–H groups in total. The van der Waals surface area contributed by atoms with Crippen molar-refractivity contribution in [2.24, 2.45) is 5.92 Å². The van der Waals surface area contributed by atoms with E-state index in [0.29, 0.717) is 5.91 Å². The van der Waals surface area contributed by atoms with Crippen LogP contribution in [0.5, 0.6) is 0 Å². The van der Waals surface area contributed by atoms with Crippen LogP contribution in [0.2, 0.25) is 0 Å². The van der Waals surface area contributed by atoms with Gasteiger partial charge < -0.3 is 4.90 Å². The van der Waals surface area contributed by atoms with Crippen LogP contribution in [0.3, 0.4) is 0 Å². The maximum absolute atomic E-state index is 12.6. The number of benzene rings is 2. The quantitative estimate of drug-likeness (QED) is 0.518. The highest BCUT2D eigenvalue weighted by Crippen LogP contribution is 2.26. The lowest BCUT2D eigenvalue weighted by atomic mass is 9.95. The summed E-state index contributed by atoms with van der Waals surface area (Å²) in [6.07, 6.45) is 2.85. The van der Waals surface area contributed by atoms with Gasteiger partial charge in [-0.05, 0) is 68.8 Å². The molecule has 1 aliphatic rings. The molecule has 1 aliphatic heterocycles. The number of piperidine rings is 1. The number of imidazole rings is 1. The van der Waals surface area contributed by atoms with Crippen LogP contribution in [0.4, 0.5) is 0 Å². The Balaban J connectivity index is 1.52. The number of nitrogens with zero attached hydrogens (tertiary/aromatic N) is 4. The first-order valence-corrected chi connectivity index (χ1v) is 11.6. The summed E-state index contributed by atoms with van der Waals surface area (Å²) >= 11 is 3.53. The van der Waals surface area contributed by atoms with Crippen molar-refractivity contribution in [2.45, 2.75) is 32.7 Å². The molecule has 30 heavy (non-hydrogen) atoms. The Morgan fingerprint density at radius 2 is 1.83 bits per heavy atom.